The van der Waals surface area contributed by atoms with Gasteiger partial charge in [-0.25, -0.2) is 9.97 Å². The van der Waals surface area contributed by atoms with E-state index in [2.05, 4.69) is 14.9 Å². The number of aromatic nitrogens is 3. The fourth-order valence-electron chi connectivity index (χ4n) is 4.74. The summed E-state index contributed by atoms with van der Waals surface area (Å²) < 4.78 is 78.9. The maximum absolute atomic E-state index is 13.1. The number of aromatic amines is 1. The average Bonchev–Trinajstić information content (AvgIpc) is 3.37. The van der Waals surface area contributed by atoms with Crippen LogP contribution in [0.4, 0.5) is 38.1 Å². The molecule has 1 saturated heterocycles. The van der Waals surface area contributed by atoms with E-state index in [0.717, 1.165) is 30.1 Å². The number of alkyl halides is 6. The van der Waals surface area contributed by atoms with Gasteiger partial charge < -0.3 is 19.9 Å². The summed E-state index contributed by atoms with van der Waals surface area (Å²) in [6.45, 7) is 3.63. The number of imidazole rings is 1. The monoisotopic (exact) mass is 561 g/mol. The summed E-state index contributed by atoms with van der Waals surface area (Å²) in [4.78, 5) is 16.5. The molecule has 2 N–H and O–H groups in total. The quantitative estimate of drug-likeness (QED) is 0.277. The number of H-pyrrole nitrogens is 1. The summed E-state index contributed by atoms with van der Waals surface area (Å²) in [6, 6.07) is 12.7. The van der Waals surface area contributed by atoms with Gasteiger partial charge in [-0.15, -0.1) is 0 Å². The number of anilines is 2. The Morgan fingerprint density at radius 3 is 1.95 bits per heavy atom. The van der Waals surface area contributed by atoms with Crippen LogP contribution in [0.25, 0.3) is 22.5 Å². The molecule has 1 unspecified atom stereocenters. The fraction of sp³-hybridized carbons (Fsp3) is 0.286. The summed E-state index contributed by atoms with van der Waals surface area (Å²) in [5, 5.41) is 9.26. The second-order valence-electron chi connectivity index (χ2n) is 9.61. The highest BCUT2D eigenvalue weighted by Crippen LogP contribution is 2.37. The number of aliphatic hydroxyl groups is 1. The number of aliphatic hydroxyl groups excluding tert-OH is 1. The van der Waals surface area contributed by atoms with E-state index in [0.29, 0.717) is 53.7 Å². The van der Waals surface area contributed by atoms with E-state index in [1.165, 1.54) is 24.3 Å². The van der Waals surface area contributed by atoms with Crippen LogP contribution in [-0.4, -0.2) is 45.7 Å². The molecule has 0 aliphatic carbocycles. The zero-order valence-corrected chi connectivity index (χ0v) is 21.3. The molecule has 2 aromatic carbocycles. The molecule has 5 rings (SSSR count). The van der Waals surface area contributed by atoms with Crippen molar-refractivity contribution in [3.63, 3.8) is 0 Å². The molecule has 40 heavy (non-hydrogen) atoms. The van der Waals surface area contributed by atoms with Crippen LogP contribution in [0.1, 0.15) is 23.6 Å². The molecule has 210 valence electrons. The summed E-state index contributed by atoms with van der Waals surface area (Å²) in [5.74, 6) is 1.22. The number of halogens is 6. The first-order valence-electron chi connectivity index (χ1n) is 12.5. The predicted molar refractivity (Wildman–Crippen MR) is 139 cm³/mol. The van der Waals surface area contributed by atoms with Crippen LogP contribution >= 0.6 is 0 Å². The number of nitrogens with zero attached hydrogens (tertiary/aromatic N) is 4. The minimum atomic E-state index is -4.51. The molecule has 1 aliphatic rings. The lowest BCUT2D eigenvalue weighted by Crippen LogP contribution is -2.52. The van der Waals surface area contributed by atoms with Gasteiger partial charge in [0, 0.05) is 43.0 Å². The predicted octanol–water partition coefficient (Wildman–Crippen LogP) is 6.38. The highest BCUT2D eigenvalue weighted by molar-refractivity contribution is 5.80. The van der Waals surface area contributed by atoms with Gasteiger partial charge in [0.15, 0.2) is 0 Å². The Kier molecular flexibility index (Phi) is 7.21. The molecule has 1 aliphatic heterocycles. The average molecular weight is 562 g/mol. The van der Waals surface area contributed by atoms with E-state index in [1.54, 1.807) is 12.3 Å². The molecule has 6 nitrogen and oxygen atoms in total. The molecule has 4 aromatic rings. The summed E-state index contributed by atoms with van der Waals surface area (Å²) in [7, 11) is 0. The third-order valence-electron chi connectivity index (χ3n) is 6.89. The molecule has 12 heteroatoms. The van der Waals surface area contributed by atoms with E-state index in [4.69, 9.17) is 4.98 Å². The van der Waals surface area contributed by atoms with E-state index >= 15 is 0 Å². The summed E-state index contributed by atoms with van der Waals surface area (Å²) in [6.07, 6.45) is -7.39. The van der Waals surface area contributed by atoms with E-state index in [-0.39, 0.29) is 12.6 Å². The van der Waals surface area contributed by atoms with Crippen molar-refractivity contribution in [2.45, 2.75) is 31.9 Å². The smallest absolute Gasteiger partial charge is 0.392 e. The van der Waals surface area contributed by atoms with Gasteiger partial charge in [-0.3, -0.25) is 0 Å². The number of rotatable bonds is 5. The van der Waals surface area contributed by atoms with Crippen LogP contribution in [0.2, 0.25) is 0 Å². The molecule has 0 radical (unpaired) electrons. The molecule has 0 bridgehead atoms. The highest BCUT2D eigenvalue weighted by Gasteiger charge is 2.32. The maximum atomic E-state index is 13.1. The van der Waals surface area contributed by atoms with Gasteiger partial charge in [0.25, 0.3) is 0 Å². The van der Waals surface area contributed by atoms with Crippen molar-refractivity contribution in [2.75, 3.05) is 29.4 Å². The molecule has 1 atom stereocenters. The molecular weight excluding hydrogens is 536 g/mol. The molecule has 0 saturated carbocycles. The van der Waals surface area contributed by atoms with Crippen molar-refractivity contribution in [2.24, 2.45) is 0 Å². The van der Waals surface area contributed by atoms with Crippen molar-refractivity contribution in [3.05, 3.63) is 83.6 Å². The third-order valence-corrected chi connectivity index (χ3v) is 6.89. The SMILES string of the molecule is CC1CN(c2ccc(CO)cn2)CCN1c1nc(-c2ccc(C(F)(F)F)cc2)c(-c2ccc(C(F)(F)F)cc2)[nH]1. The van der Waals surface area contributed by atoms with Crippen molar-refractivity contribution in [1.29, 1.82) is 0 Å². The standard InChI is InChI=1S/C28H25F6N5O/c1-17-15-38(23-11-2-18(16-40)14-35-23)12-13-39(17)26-36-24(19-3-7-21(8-4-19)27(29,30)31)25(37-26)20-5-9-22(10-6-20)28(32,33)34/h2-11,14,17,40H,12-13,15-16H2,1H3,(H,36,37). The normalized spacial score (nSPS) is 16.4. The van der Waals surface area contributed by atoms with Crippen LogP contribution in [0.15, 0.2) is 66.9 Å². The number of pyridine rings is 1. The Morgan fingerprint density at radius 1 is 0.850 bits per heavy atom. The van der Waals surface area contributed by atoms with Gasteiger partial charge in [-0.05, 0) is 42.8 Å². The molecule has 0 spiro atoms. The van der Waals surface area contributed by atoms with Crippen LogP contribution in [0.3, 0.4) is 0 Å². The van der Waals surface area contributed by atoms with Gasteiger partial charge in [-0.2, -0.15) is 26.3 Å². The Bertz CT molecular complexity index is 1370. The number of hydrogen-bond acceptors (Lipinski definition) is 5. The number of piperazine rings is 1. The van der Waals surface area contributed by atoms with Crippen LogP contribution < -0.4 is 9.80 Å². The highest BCUT2D eigenvalue weighted by atomic mass is 19.4. The Labute approximate surface area is 225 Å². The van der Waals surface area contributed by atoms with E-state index in [1.807, 2.05) is 17.9 Å². The number of benzene rings is 2. The fourth-order valence-corrected chi connectivity index (χ4v) is 4.74. The maximum Gasteiger partial charge on any atom is 0.416 e. The first-order chi connectivity index (χ1) is 18.9. The minimum Gasteiger partial charge on any atom is -0.392 e. The van der Waals surface area contributed by atoms with E-state index in [9.17, 15) is 31.4 Å². The van der Waals surface area contributed by atoms with Crippen molar-refractivity contribution in [1.82, 2.24) is 15.0 Å². The van der Waals surface area contributed by atoms with E-state index < -0.39 is 23.5 Å². The topological polar surface area (TPSA) is 68.3 Å². The molecular formula is C28H25F6N5O. The van der Waals surface area contributed by atoms with Crippen LogP contribution in [0, 0.1) is 0 Å². The number of hydrogen-bond donors (Lipinski definition) is 2. The lowest BCUT2D eigenvalue weighted by molar-refractivity contribution is -0.138. The van der Waals surface area contributed by atoms with Crippen molar-refractivity contribution < 1.29 is 31.4 Å². The first-order valence-corrected chi connectivity index (χ1v) is 12.5. The van der Waals surface area contributed by atoms with Crippen LogP contribution in [0.5, 0.6) is 0 Å². The zero-order valence-electron chi connectivity index (χ0n) is 21.3. The number of nitrogens with one attached hydrogen (secondary N) is 1. The van der Waals surface area contributed by atoms with Gasteiger partial charge in [0.05, 0.1) is 29.1 Å². The second-order valence-corrected chi connectivity index (χ2v) is 9.61. The largest absolute Gasteiger partial charge is 0.416 e. The molecule has 0 amide bonds. The first kappa shape index (κ1) is 27.5. The second kappa shape index (κ2) is 10.5. The van der Waals surface area contributed by atoms with Crippen molar-refractivity contribution in [3.8, 4) is 22.5 Å². The Balaban J connectivity index is 1.47. The zero-order chi connectivity index (χ0) is 28.7. The molecule has 2 aromatic heterocycles. The van der Waals surface area contributed by atoms with Crippen LogP contribution in [-0.2, 0) is 19.0 Å². The van der Waals surface area contributed by atoms with Crippen molar-refractivity contribution >= 4 is 11.8 Å². The third kappa shape index (κ3) is 5.62. The lowest BCUT2D eigenvalue weighted by atomic mass is 10.0. The Hall–Kier alpha value is -4.06. The summed E-state index contributed by atoms with van der Waals surface area (Å²) >= 11 is 0. The lowest BCUT2D eigenvalue weighted by Gasteiger charge is -2.40. The van der Waals surface area contributed by atoms with Gasteiger partial charge in [0.1, 0.15) is 5.82 Å². The van der Waals surface area contributed by atoms with Gasteiger partial charge >= 0.3 is 12.4 Å². The molecule has 3 heterocycles. The van der Waals surface area contributed by atoms with Gasteiger partial charge in [0.2, 0.25) is 5.95 Å². The van der Waals surface area contributed by atoms with Gasteiger partial charge in [-0.1, -0.05) is 30.3 Å². The summed E-state index contributed by atoms with van der Waals surface area (Å²) in [5.41, 5.74) is 0.633. The Morgan fingerprint density at radius 2 is 1.45 bits per heavy atom. The minimum absolute atomic E-state index is 0.0554. The molecule has 1 fully saturated rings.